The van der Waals surface area contributed by atoms with Crippen LogP contribution in [0.2, 0.25) is 0 Å². The van der Waals surface area contributed by atoms with Crippen molar-refractivity contribution >= 4 is 17.4 Å². The molecule has 16 heavy (non-hydrogen) atoms. The van der Waals surface area contributed by atoms with Crippen LogP contribution in [0.1, 0.15) is 24.6 Å². The lowest BCUT2D eigenvalue weighted by Gasteiger charge is -2.19. The molecule has 0 aromatic carbocycles. The van der Waals surface area contributed by atoms with Crippen molar-refractivity contribution in [2.45, 2.75) is 26.1 Å². The summed E-state index contributed by atoms with van der Waals surface area (Å²) in [4.78, 5) is 6.84. The fourth-order valence-corrected chi connectivity index (χ4v) is 2.31. The van der Waals surface area contributed by atoms with Gasteiger partial charge in [0, 0.05) is 25.2 Å². The van der Waals surface area contributed by atoms with E-state index >= 15 is 0 Å². The standard InChI is InChI=1S/C13H19ClN2/c1-9-6-12(9)8-16(3)13-5-4-11(7-14)10(2)15-13/h4-5,9,12H,6-8H2,1-3H3. The maximum atomic E-state index is 5.82. The summed E-state index contributed by atoms with van der Waals surface area (Å²) in [5.41, 5.74) is 2.17. The number of alkyl halides is 1. The van der Waals surface area contributed by atoms with Gasteiger partial charge in [0.15, 0.2) is 0 Å². The Balaban J connectivity index is 2.05. The summed E-state index contributed by atoms with van der Waals surface area (Å²) in [5.74, 6) is 3.36. The van der Waals surface area contributed by atoms with Gasteiger partial charge in [-0.3, -0.25) is 0 Å². The molecule has 1 saturated carbocycles. The highest BCUT2D eigenvalue weighted by atomic mass is 35.5. The molecule has 2 nitrogen and oxygen atoms in total. The third-order valence-corrected chi connectivity index (χ3v) is 3.79. The van der Waals surface area contributed by atoms with E-state index in [4.69, 9.17) is 11.6 Å². The number of hydrogen-bond donors (Lipinski definition) is 0. The van der Waals surface area contributed by atoms with Crippen LogP contribution in [-0.4, -0.2) is 18.6 Å². The molecule has 0 saturated heterocycles. The zero-order chi connectivity index (χ0) is 11.7. The van der Waals surface area contributed by atoms with Gasteiger partial charge in [0.1, 0.15) is 5.82 Å². The second-order valence-electron chi connectivity index (χ2n) is 4.90. The minimum Gasteiger partial charge on any atom is -0.359 e. The smallest absolute Gasteiger partial charge is 0.128 e. The highest BCUT2D eigenvalue weighted by Gasteiger charge is 2.33. The van der Waals surface area contributed by atoms with Crippen LogP contribution in [0.5, 0.6) is 0 Å². The lowest BCUT2D eigenvalue weighted by atomic mass is 10.2. The van der Waals surface area contributed by atoms with Crippen LogP contribution in [0.4, 0.5) is 5.82 Å². The first-order valence-corrected chi connectivity index (χ1v) is 6.39. The maximum Gasteiger partial charge on any atom is 0.128 e. The van der Waals surface area contributed by atoms with Crippen molar-refractivity contribution in [2.75, 3.05) is 18.5 Å². The van der Waals surface area contributed by atoms with Gasteiger partial charge in [-0.05, 0) is 36.8 Å². The van der Waals surface area contributed by atoms with Crippen molar-refractivity contribution in [3.63, 3.8) is 0 Å². The molecular weight excluding hydrogens is 220 g/mol. The van der Waals surface area contributed by atoms with Gasteiger partial charge in [-0.25, -0.2) is 4.98 Å². The van der Waals surface area contributed by atoms with E-state index in [1.165, 1.54) is 6.42 Å². The Morgan fingerprint density at radius 1 is 1.50 bits per heavy atom. The van der Waals surface area contributed by atoms with Crippen LogP contribution in [-0.2, 0) is 5.88 Å². The van der Waals surface area contributed by atoms with Crippen molar-refractivity contribution in [3.8, 4) is 0 Å². The quantitative estimate of drug-likeness (QED) is 0.749. The Morgan fingerprint density at radius 2 is 2.19 bits per heavy atom. The lowest BCUT2D eigenvalue weighted by molar-refractivity contribution is 0.718. The lowest BCUT2D eigenvalue weighted by Crippen LogP contribution is -2.21. The van der Waals surface area contributed by atoms with Crippen LogP contribution < -0.4 is 4.90 Å². The van der Waals surface area contributed by atoms with E-state index in [0.29, 0.717) is 5.88 Å². The summed E-state index contributed by atoms with van der Waals surface area (Å²) in [6.45, 7) is 5.45. The van der Waals surface area contributed by atoms with Crippen molar-refractivity contribution in [2.24, 2.45) is 11.8 Å². The number of hydrogen-bond acceptors (Lipinski definition) is 2. The molecule has 0 amide bonds. The van der Waals surface area contributed by atoms with Crippen molar-refractivity contribution in [3.05, 3.63) is 23.4 Å². The van der Waals surface area contributed by atoms with Crippen molar-refractivity contribution in [1.29, 1.82) is 0 Å². The molecule has 3 heteroatoms. The first-order valence-electron chi connectivity index (χ1n) is 5.85. The second-order valence-corrected chi connectivity index (χ2v) is 5.17. The molecule has 2 unspecified atom stereocenters. The van der Waals surface area contributed by atoms with E-state index in [1.807, 2.05) is 6.92 Å². The summed E-state index contributed by atoms with van der Waals surface area (Å²) < 4.78 is 0. The van der Waals surface area contributed by atoms with E-state index < -0.39 is 0 Å². The van der Waals surface area contributed by atoms with E-state index in [2.05, 4.69) is 36.0 Å². The van der Waals surface area contributed by atoms with Gasteiger partial charge >= 0.3 is 0 Å². The van der Waals surface area contributed by atoms with Gasteiger partial charge in [-0.15, -0.1) is 11.6 Å². The summed E-state index contributed by atoms with van der Waals surface area (Å²) in [7, 11) is 2.12. The summed E-state index contributed by atoms with van der Waals surface area (Å²) in [5, 5.41) is 0. The Labute approximate surface area is 103 Å². The summed E-state index contributed by atoms with van der Waals surface area (Å²) in [6.07, 6.45) is 1.36. The molecular formula is C13H19ClN2. The molecule has 0 radical (unpaired) electrons. The molecule has 1 aliphatic rings. The van der Waals surface area contributed by atoms with E-state index in [-0.39, 0.29) is 0 Å². The van der Waals surface area contributed by atoms with Crippen LogP contribution in [0.3, 0.4) is 0 Å². The van der Waals surface area contributed by atoms with Crippen LogP contribution >= 0.6 is 11.6 Å². The zero-order valence-electron chi connectivity index (χ0n) is 10.2. The third kappa shape index (κ3) is 2.49. The number of aryl methyl sites for hydroxylation is 1. The molecule has 0 spiro atoms. The molecule has 0 N–H and O–H groups in total. The molecule has 1 aliphatic carbocycles. The Bertz CT molecular complexity index is 378. The third-order valence-electron chi connectivity index (χ3n) is 3.50. The molecule has 2 rings (SSSR count). The number of aromatic nitrogens is 1. The highest BCUT2D eigenvalue weighted by molar-refractivity contribution is 6.17. The number of anilines is 1. The van der Waals surface area contributed by atoms with Gasteiger partial charge in [0.2, 0.25) is 0 Å². The van der Waals surface area contributed by atoms with Gasteiger partial charge in [0.25, 0.3) is 0 Å². The van der Waals surface area contributed by atoms with Crippen LogP contribution in [0.15, 0.2) is 12.1 Å². The van der Waals surface area contributed by atoms with E-state index in [1.54, 1.807) is 0 Å². The Kier molecular flexibility index (Phi) is 3.38. The fraction of sp³-hybridized carbons (Fsp3) is 0.615. The monoisotopic (exact) mass is 238 g/mol. The van der Waals surface area contributed by atoms with E-state index in [9.17, 15) is 0 Å². The molecule has 1 heterocycles. The average Bonchev–Trinajstić information content (AvgIpc) is 2.94. The summed E-state index contributed by atoms with van der Waals surface area (Å²) >= 11 is 5.82. The van der Waals surface area contributed by atoms with Gasteiger partial charge in [-0.1, -0.05) is 13.0 Å². The maximum absolute atomic E-state index is 5.82. The SMILES string of the molecule is Cc1nc(N(C)CC2CC2C)ccc1CCl. The zero-order valence-corrected chi connectivity index (χ0v) is 11.0. The highest BCUT2D eigenvalue weighted by Crippen LogP contribution is 2.38. The van der Waals surface area contributed by atoms with Gasteiger partial charge < -0.3 is 4.90 Å². The molecule has 0 bridgehead atoms. The number of halogens is 1. The predicted octanol–water partition coefficient (Wildman–Crippen LogP) is 3.22. The predicted molar refractivity (Wildman–Crippen MR) is 69.1 cm³/mol. The molecule has 88 valence electrons. The minimum absolute atomic E-state index is 0.544. The molecule has 0 aliphatic heterocycles. The van der Waals surface area contributed by atoms with Crippen LogP contribution in [0.25, 0.3) is 0 Å². The van der Waals surface area contributed by atoms with Gasteiger partial charge in [0.05, 0.1) is 0 Å². The van der Waals surface area contributed by atoms with Crippen molar-refractivity contribution in [1.82, 2.24) is 4.98 Å². The average molecular weight is 239 g/mol. The number of pyridine rings is 1. The van der Waals surface area contributed by atoms with Crippen LogP contribution in [0, 0.1) is 18.8 Å². The number of nitrogens with zero attached hydrogens (tertiary/aromatic N) is 2. The first kappa shape index (κ1) is 11.7. The molecule has 1 aromatic heterocycles. The van der Waals surface area contributed by atoms with E-state index in [0.717, 1.165) is 35.5 Å². The molecule has 1 aromatic rings. The topological polar surface area (TPSA) is 16.1 Å². The second kappa shape index (κ2) is 4.62. The normalized spacial score (nSPS) is 23.2. The van der Waals surface area contributed by atoms with Crippen molar-refractivity contribution < 1.29 is 0 Å². The first-order chi connectivity index (χ1) is 7.61. The summed E-state index contributed by atoms with van der Waals surface area (Å²) in [6, 6.07) is 4.15. The molecule has 1 fully saturated rings. The minimum atomic E-state index is 0.544. The van der Waals surface area contributed by atoms with Gasteiger partial charge in [-0.2, -0.15) is 0 Å². The largest absolute Gasteiger partial charge is 0.359 e. The fourth-order valence-electron chi connectivity index (χ4n) is 2.03. The Morgan fingerprint density at radius 3 is 2.69 bits per heavy atom. The molecule has 2 atom stereocenters. The number of rotatable bonds is 4. The Hall–Kier alpha value is -0.760.